The number of nitrogens with zero attached hydrogens (tertiary/aromatic N) is 5. The van der Waals surface area contributed by atoms with Gasteiger partial charge < -0.3 is 9.30 Å². The SMILES string of the molecule is C=CCn1c(=O)c2c(nc3n(CCOC)c(C)cn23)n(C)c1=O. The van der Waals surface area contributed by atoms with E-state index in [0.717, 1.165) is 10.3 Å². The first-order chi connectivity index (χ1) is 11.0. The molecular formula is C15H19N5O3. The van der Waals surface area contributed by atoms with Gasteiger partial charge in [0, 0.05) is 39.1 Å². The van der Waals surface area contributed by atoms with Crippen molar-refractivity contribution in [3.8, 4) is 0 Å². The Balaban J connectivity index is 2.42. The monoisotopic (exact) mass is 317 g/mol. The van der Waals surface area contributed by atoms with Crippen LogP contribution in [0.1, 0.15) is 5.69 Å². The Bertz CT molecular complexity index is 1020. The largest absolute Gasteiger partial charge is 0.383 e. The zero-order valence-corrected chi connectivity index (χ0v) is 13.4. The molecule has 0 saturated carbocycles. The average Bonchev–Trinajstić information content (AvgIpc) is 3.03. The fourth-order valence-electron chi connectivity index (χ4n) is 2.80. The minimum Gasteiger partial charge on any atom is -0.383 e. The predicted molar refractivity (Wildman–Crippen MR) is 87.0 cm³/mol. The van der Waals surface area contributed by atoms with E-state index < -0.39 is 5.69 Å². The Kier molecular flexibility index (Phi) is 3.69. The molecule has 122 valence electrons. The summed E-state index contributed by atoms with van der Waals surface area (Å²) in [5, 5.41) is 0. The fraction of sp³-hybridized carbons (Fsp3) is 0.400. The topological polar surface area (TPSA) is 75.5 Å². The second-order valence-corrected chi connectivity index (χ2v) is 5.41. The van der Waals surface area contributed by atoms with E-state index in [0.29, 0.717) is 30.1 Å². The van der Waals surface area contributed by atoms with Gasteiger partial charge >= 0.3 is 5.69 Å². The van der Waals surface area contributed by atoms with Crippen LogP contribution >= 0.6 is 0 Å². The van der Waals surface area contributed by atoms with E-state index in [9.17, 15) is 9.59 Å². The van der Waals surface area contributed by atoms with E-state index >= 15 is 0 Å². The zero-order chi connectivity index (χ0) is 16.7. The van der Waals surface area contributed by atoms with Crippen LogP contribution in [0.15, 0.2) is 28.4 Å². The van der Waals surface area contributed by atoms with Gasteiger partial charge in [-0.3, -0.25) is 18.3 Å². The molecule has 3 rings (SSSR count). The lowest BCUT2D eigenvalue weighted by Crippen LogP contribution is -2.39. The average molecular weight is 317 g/mol. The minimum atomic E-state index is -0.400. The van der Waals surface area contributed by atoms with Crippen molar-refractivity contribution in [2.24, 2.45) is 7.05 Å². The third kappa shape index (κ3) is 2.14. The number of hydrogen-bond acceptors (Lipinski definition) is 4. The number of hydrogen-bond donors (Lipinski definition) is 0. The normalized spacial score (nSPS) is 11.6. The van der Waals surface area contributed by atoms with E-state index in [2.05, 4.69) is 11.6 Å². The van der Waals surface area contributed by atoms with Crippen LogP contribution in [-0.4, -0.2) is 36.8 Å². The van der Waals surface area contributed by atoms with Crippen LogP contribution in [0.25, 0.3) is 16.9 Å². The maximum atomic E-state index is 12.7. The number of aryl methyl sites for hydroxylation is 2. The summed E-state index contributed by atoms with van der Waals surface area (Å²) in [6.07, 6.45) is 3.38. The molecule has 0 N–H and O–H groups in total. The zero-order valence-electron chi connectivity index (χ0n) is 13.4. The minimum absolute atomic E-state index is 0.165. The molecule has 0 radical (unpaired) electrons. The first-order valence-electron chi connectivity index (χ1n) is 7.28. The number of methoxy groups -OCH3 is 1. The summed E-state index contributed by atoms with van der Waals surface area (Å²) in [5.41, 5.74) is 0.974. The number of ether oxygens (including phenoxy) is 1. The molecule has 0 saturated heterocycles. The number of imidazole rings is 2. The first kappa shape index (κ1) is 15.3. The molecule has 0 atom stereocenters. The Morgan fingerprint density at radius 2 is 2.09 bits per heavy atom. The van der Waals surface area contributed by atoms with Gasteiger partial charge in [0.25, 0.3) is 5.56 Å². The van der Waals surface area contributed by atoms with Crippen LogP contribution in [0.4, 0.5) is 0 Å². The van der Waals surface area contributed by atoms with Crippen molar-refractivity contribution in [2.45, 2.75) is 20.0 Å². The van der Waals surface area contributed by atoms with Gasteiger partial charge in [-0.15, -0.1) is 6.58 Å². The summed E-state index contributed by atoms with van der Waals surface area (Å²) in [7, 11) is 3.25. The molecule has 0 bridgehead atoms. The molecule has 0 aliphatic heterocycles. The highest BCUT2D eigenvalue weighted by Gasteiger charge is 2.19. The molecule has 0 spiro atoms. The Hall–Kier alpha value is -2.61. The molecule has 0 aliphatic rings. The second kappa shape index (κ2) is 5.54. The van der Waals surface area contributed by atoms with Gasteiger partial charge in [0.15, 0.2) is 11.2 Å². The summed E-state index contributed by atoms with van der Waals surface area (Å²) in [6, 6.07) is 0. The van der Waals surface area contributed by atoms with Crippen molar-refractivity contribution in [3.63, 3.8) is 0 Å². The van der Waals surface area contributed by atoms with Gasteiger partial charge in [-0.25, -0.2) is 4.79 Å². The first-order valence-corrected chi connectivity index (χ1v) is 7.28. The smallest absolute Gasteiger partial charge is 0.332 e. The van der Waals surface area contributed by atoms with Crippen LogP contribution in [0.3, 0.4) is 0 Å². The van der Waals surface area contributed by atoms with Crippen molar-refractivity contribution < 1.29 is 4.74 Å². The summed E-state index contributed by atoms with van der Waals surface area (Å²) in [5.74, 6) is 0.623. The van der Waals surface area contributed by atoms with E-state index in [1.165, 1.54) is 10.6 Å². The molecule has 0 unspecified atom stereocenters. The Labute approximate surface area is 131 Å². The molecule has 3 heterocycles. The van der Waals surface area contributed by atoms with Crippen molar-refractivity contribution in [1.82, 2.24) is 23.1 Å². The summed E-state index contributed by atoms with van der Waals surface area (Å²) < 4.78 is 11.4. The molecule has 3 aromatic rings. The van der Waals surface area contributed by atoms with Crippen LogP contribution in [0.2, 0.25) is 0 Å². The third-order valence-electron chi connectivity index (χ3n) is 3.97. The van der Waals surface area contributed by atoms with Gasteiger partial charge in [-0.2, -0.15) is 4.98 Å². The lowest BCUT2D eigenvalue weighted by atomic mass is 10.4. The third-order valence-corrected chi connectivity index (χ3v) is 3.97. The van der Waals surface area contributed by atoms with Crippen molar-refractivity contribution >= 4 is 16.9 Å². The molecule has 0 fully saturated rings. The van der Waals surface area contributed by atoms with Gasteiger partial charge in [0.2, 0.25) is 5.78 Å². The molecule has 0 amide bonds. The summed E-state index contributed by atoms with van der Waals surface area (Å²) in [6.45, 7) is 6.87. The molecule has 0 aromatic carbocycles. The quantitative estimate of drug-likeness (QED) is 0.634. The van der Waals surface area contributed by atoms with Crippen LogP contribution in [-0.2, 0) is 24.9 Å². The molecule has 8 nitrogen and oxygen atoms in total. The predicted octanol–water partition coefficient (Wildman–Crippen LogP) is 0.290. The molecule has 23 heavy (non-hydrogen) atoms. The standard InChI is InChI=1S/C15H19N5O3/c1-5-6-19-13(21)11-12(17(3)15(19)22)16-14-18(7-8-23-4)10(2)9-20(11)14/h5,9H,1,6-8H2,2-4H3. The maximum Gasteiger partial charge on any atom is 0.332 e. The number of allylic oxidation sites excluding steroid dienone is 1. The maximum absolute atomic E-state index is 12.7. The lowest BCUT2D eigenvalue weighted by molar-refractivity contribution is 0.187. The van der Waals surface area contributed by atoms with Gasteiger partial charge in [-0.1, -0.05) is 6.08 Å². The van der Waals surface area contributed by atoms with Crippen LogP contribution < -0.4 is 11.2 Å². The summed E-state index contributed by atoms with van der Waals surface area (Å²) >= 11 is 0. The Morgan fingerprint density at radius 3 is 2.74 bits per heavy atom. The number of fused-ring (bicyclic) bond motifs is 3. The summed E-state index contributed by atoms with van der Waals surface area (Å²) in [4.78, 5) is 29.5. The van der Waals surface area contributed by atoms with E-state index in [1.54, 1.807) is 18.6 Å². The molecule has 3 aromatic heterocycles. The van der Waals surface area contributed by atoms with E-state index in [-0.39, 0.29) is 12.1 Å². The van der Waals surface area contributed by atoms with Crippen LogP contribution in [0.5, 0.6) is 0 Å². The van der Waals surface area contributed by atoms with Crippen molar-refractivity contribution in [1.29, 1.82) is 0 Å². The Morgan fingerprint density at radius 1 is 1.35 bits per heavy atom. The molecule has 0 aliphatic carbocycles. The van der Waals surface area contributed by atoms with E-state index in [1.807, 2.05) is 17.7 Å². The van der Waals surface area contributed by atoms with Crippen LogP contribution in [0, 0.1) is 6.92 Å². The number of rotatable bonds is 5. The van der Waals surface area contributed by atoms with E-state index in [4.69, 9.17) is 4.74 Å². The highest BCUT2D eigenvalue weighted by atomic mass is 16.5. The lowest BCUT2D eigenvalue weighted by Gasteiger charge is -2.05. The van der Waals surface area contributed by atoms with Gasteiger partial charge in [-0.05, 0) is 6.92 Å². The highest BCUT2D eigenvalue weighted by molar-refractivity contribution is 5.75. The van der Waals surface area contributed by atoms with Crippen molar-refractivity contribution in [2.75, 3.05) is 13.7 Å². The van der Waals surface area contributed by atoms with Crippen molar-refractivity contribution in [3.05, 3.63) is 45.4 Å². The highest BCUT2D eigenvalue weighted by Crippen LogP contribution is 2.15. The molecule has 8 heteroatoms. The van der Waals surface area contributed by atoms with Gasteiger partial charge in [0.1, 0.15) is 0 Å². The fourth-order valence-corrected chi connectivity index (χ4v) is 2.80. The number of aromatic nitrogens is 5. The van der Waals surface area contributed by atoms with Gasteiger partial charge in [0.05, 0.1) is 6.61 Å². The second-order valence-electron chi connectivity index (χ2n) is 5.41. The molecular weight excluding hydrogens is 298 g/mol.